The number of benzene rings is 1. The lowest BCUT2D eigenvalue weighted by Gasteiger charge is -2.18. The maximum absolute atomic E-state index is 11.9. The summed E-state index contributed by atoms with van der Waals surface area (Å²) in [6, 6.07) is 5.01. The molecule has 4 N–H and O–H groups in total. The highest BCUT2D eigenvalue weighted by Crippen LogP contribution is 2.23. The van der Waals surface area contributed by atoms with Crippen molar-refractivity contribution in [2.24, 2.45) is 0 Å². The van der Waals surface area contributed by atoms with Crippen LogP contribution >= 0.6 is 11.6 Å². The lowest BCUT2D eigenvalue weighted by atomic mass is 10.1. The van der Waals surface area contributed by atoms with Gasteiger partial charge in [-0.25, -0.2) is 0 Å². The Bertz CT molecular complexity index is 520. The molecule has 0 radical (unpaired) electrons. The smallest absolute Gasteiger partial charge is 0.224 e. The van der Waals surface area contributed by atoms with Crippen molar-refractivity contribution in [3.63, 3.8) is 0 Å². The van der Waals surface area contributed by atoms with Gasteiger partial charge in [-0.2, -0.15) is 0 Å². The Morgan fingerprint density at radius 1 is 1.57 bits per heavy atom. The number of rotatable bonds is 5. The molecular formula is C15H22ClN3O2. The first-order valence-corrected chi connectivity index (χ1v) is 7.53. The van der Waals surface area contributed by atoms with Gasteiger partial charge >= 0.3 is 0 Å². The number of nitrogen functional groups attached to an aromatic ring is 1. The van der Waals surface area contributed by atoms with Crippen molar-refractivity contribution < 1.29 is 9.90 Å². The van der Waals surface area contributed by atoms with Gasteiger partial charge in [0.2, 0.25) is 5.91 Å². The molecule has 0 aliphatic carbocycles. The van der Waals surface area contributed by atoms with Gasteiger partial charge in [-0.05, 0) is 44.5 Å². The third kappa shape index (κ3) is 4.88. The summed E-state index contributed by atoms with van der Waals surface area (Å²) in [4.78, 5) is 14.1. The van der Waals surface area contributed by atoms with E-state index in [0.717, 1.165) is 25.9 Å². The molecule has 1 atom stereocenters. The van der Waals surface area contributed by atoms with Gasteiger partial charge < -0.3 is 21.1 Å². The topological polar surface area (TPSA) is 78.6 Å². The van der Waals surface area contributed by atoms with E-state index in [-0.39, 0.29) is 5.91 Å². The maximum Gasteiger partial charge on any atom is 0.224 e. The number of nitrogens with zero attached hydrogens (tertiary/aromatic N) is 1. The molecule has 1 aromatic rings. The van der Waals surface area contributed by atoms with Gasteiger partial charge in [0.05, 0.1) is 17.0 Å². The van der Waals surface area contributed by atoms with Crippen LogP contribution in [0.3, 0.4) is 0 Å². The highest BCUT2D eigenvalue weighted by atomic mass is 35.5. The van der Waals surface area contributed by atoms with Crippen LogP contribution in [0.15, 0.2) is 18.2 Å². The monoisotopic (exact) mass is 311 g/mol. The molecule has 1 saturated heterocycles. The van der Waals surface area contributed by atoms with E-state index in [1.165, 1.54) is 0 Å². The predicted molar refractivity (Wildman–Crippen MR) is 85.4 cm³/mol. The fraction of sp³-hybridized carbons (Fsp3) is 0.533. The lowest BCUT2D eigenvalue weighted by Crippen LogP contribution is -2.30. The Balaban J connectivity index is 1.73. The Morgan fingerprint density at radius 3 is 2.95 bits per heavy atom. The number of amides is 1. The van der Waals surface area contributed by atoms with Crippen molar-refractivity contribution in [1.82, 2.24) is 4.90 Å². The second-order valence-electron chi connectivity index (χ2n) is 5.91. The van der Waals surface area contributed by atoms with Crippen LogP contribution in [-0.4, -0.2) is 41.1 Å². The van der Waals surface area contributed by atoms with Gasteiger partial charge in [-0.3, -0.25) is 4.79 Å². The van der Waals surface area contributed by atoms with E-state index in [0.29, 0.717) is 29.4 Å². The first kappa shape index (κ1) is 16.1. The molecule has 0 saturated carbocycles. The zero-order valence-electron chi connectivity index (χ0n) is 12.2. The number of carbonyl (C=O) groups is 1. The first-order valence-electron chi connectivity index (χ1n) is 7.15. The normalized spacial score (nSPS) is 22.4. The molecule has 2 rings (SSSR count). The van der Waals surface area contributed by atoms with E-state index in [2.05, 4.69) is 10.2 Å². The molecule has 116 valence electrons. The molecule has 0 aromatic heterocycles. The third-order valence-electron chi connectivity index (χ3n) is 3.70. The number of likely N-dealkylation sites (tertiary alicyclic amines) is 1. The predicted octanol–water partition coefficient (Wildman–Crippen LogP) is 2.10. The van der Waals surface area contributed by atoms with E-state index in [1.54, 1.807) is 18.2 Å². The number of carbonyl (C=O) groups excluding carboxylic acids is 1. The van der Waals surface area contributed by atoms with Gasteiger partial charge in [0.15, 0.2) is 0 Å². The number of hydrogen-bond donors (Lipinski definition) is 3. The van der Waals surface area contributed by atoms with E-state index < -0.39 is 5.60 Å². The first-order chi connectivity index (χ1) is 9.85. The number of hydrogen-bond acceptors (Lipinski definition) is 4. The SMILES string of the molecule is CC1(O)CCN(CCCC(=O)Nc2ccc(Cl)cc2N)C1. The second kappa shape index (κ2) is 6.64. The van der Waals surface area contributed by atoms with E-state index >= 15 is 0 Å². The molecule has 1 unspecified atom stereocenters. The molecule has 1 aromatic carbocycles. The second-order valence-corrected chi connectivity index (χ2v) is 6.34. The summed E-state index contributed by atoms with van der Waals surface area (Å²) in [6.45, 7) is 4.24. The fourth-order valence-corrected chi connectivity index (χ4v) is 2.73. The van der Waals surface area contributed by atoms with Crippen molar-refractivity contribution in [2.45, 2.75) is 31.8 Å². The number of aliphatic hydroxyl groups is 1. The van der Waals surface area contributed by atoms with Crippen molar-refractivity contribution in [3.8, 4) is 0 Å². The molecule has 0 bridgehead atoms. The summed E-state index contributed by atoms with van der Waals surface area (Å²) in [5.41, 5.74) is 6.26. The molecule has 21 heavy (non-hydrogen) atoms. The number of β-amino-alcohol motifs (C(OH)–C–C–N with tert-alkyl or cyclic N) is 1. The van der Waals surface area contributed by atoms with Gasteiger partial charge in [0.25, 0.3) is 0 Å². The molecule has 1 amide bonds. The van der Waals surface area contributed by atoms with E-state index in [9.17, 15) is 9.90 Å². The summed E-state index contributed by atoms with van der Waals surface area (Å²) in [6.07, 6.45) is 1.98. The van der Waals surface area contributed by atoms with Crippen LogP contribution in [0, 0.1) is 0 Å². The minimum atomic E-state index is -0.583. The minimum Gasteiger partial charge on any atom is -0.397 e. The van der Waals surface area contributed by atoms with Crippen LogP contribution in [-0.2, 0) is 4.79 Å². The molecule has 0 spiro atoms. The van der Waals surface area contributed by atoms with Crippen LogP contribution in [0.2, 0.25) is 5.02 Å². The quantitative estimate of drug-likeness (QED) is 0.728. The average Bonchev–Trinajstić information content (AvgIpc) is 2.72. The van der Waals surface area contributed by atoms with Gasteiger partial charge in [-0.1, -0.05) is 11.6 Å². The summed E-state index contributed by atoms with van der Waals surface area (Å²) in [7, 11) is 0. The average molecular weight is 312 g/mol. The van der Waals surface area contributed by atoms with Crippen LogP contribution < -0.4 is 11.1 Å². The van der Waals surface area contributed by atoms with Crippen molar-refractivity contribution in [3.05, 3.63) is 23.2 Å². The number of nitrogens with two attached hydrogens (primary N) is 1. The number of halogens is 1. The summed E-state index contributed by atoms with van der Waals surface area (Å²) in [5, 5.41) is 13.2. The van der Waals surface area contributed by atoms with Crippen LogP contribution in [0.5, 0.6) is 0 Å². The molecule has 1 heterocycles. The van der Waals surface area contributed by atoms with E-state index in [4.69, 9.17) is 17.3 Å². The van der Waals surface area contributed by atoms with Gasteiger partial charge in [0, 0.05) is 24.5 Å². The summed E-state index contributed by atoms with van der Waals surface area (Å²) >= 11 is 5.81. The minimum absolute atomic E-state index is 0.0602. The van der Waals surface area contributed by atoms with Crippen LogP contribution in [0.4, 0.5) is 11.4 Å². The largest absolute Gasteiger partial charge is 0.397 e. The Labute approximate surface area is 130 Å². The Hall–Kier alpha value is -1.30. The molecule has 1 aliphatic heterocycles. The van der Waals surface area contributed by atoms with Crippen LogP contribution in [0.1, 0.15) is 26.2 Å². The van der Waals surface area contributed by atoms with Crippen molar-refractivity contribution in [2.75, 3.05) is 30.7 Å². The van der Waals surface area contributed by atoms with Gasteiger partial charge in [0.1, 0.15) is 0 Å². The summed E-state index contributed by atoms with van der Waals surface area (Å²) in [5.74, 6) is -0.0602. The Morgan fingerprint density at radius 2 is 2.33 bits per heavy atom. The lowest BCUT2D eigenvalue weighted by molar-refractivity contribution is -0.116. The molecule has 1 aliphatic rings. The standard InChI is InChI=1S/C15H22ClN3O2/c1-15(21)6-8-19(10-15)7-2-3-14(20)18-13-5-4-11(16)9-12(13)17/h4-5,9,21H,2-3,6-8,10,17H2,1H3,(H,18,20). The highest BCUT2D eigenvalue weighted by Gasteiger charge is 2.30. The zero-order chi connectivity index (χ0) is 15.5. The Kier molecular flexibility index (Phi) is 5.08. The molecule has 1 fully saturated rings. The summed E-state index contributed by atoms with van der Waals surface area (Å²) < 4.78 is 0. The van der Waals surface area contributed by atoms with Crippen molar-refractivity contribution >= 4 is 28.9 Å². The van der Waals surface area contributed by atoms with E-state index in [1.807, 2.05) is 6.92 Å². The van der Waals surface area contributed by atoms with Crippen LogP contribution in [0.25, 0.3) is 0 Å². The van der Waals surface area contributed by atoms with Crippen molar-refractivity contribution in [1.29, 1.82) is 0 Å². The molecule has 6 heteroatoms. The third-order valence-corrected chi connectivity index (χ3v) is 3.93. The fourth-order valence-electron chi connectivity index (χ4n) is 2.55. The molecule has 5 nitrogen and oxygen atoms in total. The molecular weight excluding hydrogens is 290 g/mol. The number of anilines is 2. The van der Waals surface area contributed by atoms with Gasteiger partial charge in [-0.15, -0.1) is 0 Å². The number of nitrogens with one attached hydrogen (secondary N) is 1. The highest BCUT2D eigenvalue weighted by molar-refractivity contribution is 6.31. The zero-order valence-corrected chi connectivity index (χ0v) is 13.0. The maximum atomic E-state index is 11.9.